The molecule has 1 heterocycles. The van der Waals surface area contributed by atoms with Crippen molar-refractivity contribution in [2.75, 3.05) is 50.1 Å². The lowest BCUT2D eigenvalue weighted by Gasteiger charge is -2.35. The highest BCUT2D eigenvalue weighted by atomic mass is 35.5. The van der Waals surface area contributed by atoms with Crippen molar-refractivity contribution in [1.82, 2.24) is 4.90 Å². The molecule has 0 aromatic heterocycles. The fourth-order valence-electron chi connectivity index (χ4n) is 3.07. The highest BCUT2D eigenvalue weighted by molar-refractivity contribution is 6.31. The topological polar surface area (TPSA) is 61.9 Å². The molecule has 1 saturated heterocycles. The van der Waals surface area contributed by atoms with Gasteiger partial charge in [0.05, 0.1) is 11.4 Å². The molecule has 0 atom stereocenters. The number of nitrogens with zero attached hydrogens (tertiary/aromatic N) is 2. The molecule has 28 heavy (non-hydrogen) atoms. The van der Waals surface area contributed by atoms with Crippen LogP contribution in [0.1, 0.15) is 17.3 Å². The van der Waals surface area contributed by atoms with E-state index in [0.29, 0.717) is 22.0 Å². The lowest BCUT2D eigenvalue weighted by Crippen LogP contribution is -2.44. The van der Waals surface area contributed by atoms with E-state index in [1.165, 1.54) is 6.92 Å². The number of hydrogen-bond donors (Lipinski definition) is 1. The second-order valence-electron chi connectivity index (χ2n) is 6.87. The van der Waals surface area contributed by atoms with Crippen molar-refractivity contribution in [2.45, 2.75) is 6.92 Å². The SMILES string of the molecule is CC(=O)c1cccc(OCC(=O)Nc2cc(Cl)ccc2N2CCN(C)CC2)c1. The van der Waals surface area contributed by atoms with E-state index >= 15 is 0 Å². The van der Waals surface area contributed by atoms with Gasteiger partial charge in [-0.1, -0.05) is 23.7 Å². The number of Topliss-reactive ketones (excluding diaryl/α,β-unsaturated/α-hetero) is 1. The highest BCUT2D eigenvalue weighted by Crippen LogP contribution is 2.30. The van der Waals surface area contributed by atoms with Crippen LogP contribution in [0.3, 0.4) is 0 Å². The predicted octanol–water partition coefficient (Wildman–Crippen LogP) is 3.31. The van der Waals surface area contributed by atoms with Gasteiger partial charge in [-0.25, -0.2) is 0 Å². The molecule has 7 heteroatoms. The summed E-state index contributed by atoms with van der Waals surface area (Å²) >= 11 is 6.14. The number of hydrogen-bond acceptors (Lipinski definition) is 5. The van der Waals surface area contributed by atoms with E-state index in [1.54, 1.807) is 30.3 Å². The predicted molar refractivity (Wildman–Crippen MR) is 112 cm³/mol. The first-order valence-corrected chi connectivity index (χ1v) is 9.57. The number of piperazine rings is 1. The van der Waals surface area contributed by atoms with Crippen molar-refractivity contribution in [3.8, 4) is 5.75 Å². The molecule has 1 amide bonds. The molecular weight excluding hydrogens is 378 g/mol. The third-order valence-corrected chi connectivity index (χ3v) is 4.92. The zero-order valence-electron chi connectivity index (χ0n) is 16.1. The van der Waals surface area contributed by atoms with Crippen LogP contribution < -0.4 is 15.0 Å². The van der Waals surface area contributed by atoms with Crippen LogP contribution in [0.15, 0.2) is 42.5 Å². The number of rotatable bonds is 6. The lowest BCUT2D eigenvalue weighted by atomic mass is 10.1. The number of likely N-dealkylation sites (N-methyl/N-ethyl adjacent to an activating group) is 1. The molecule has 2 aromatic carbocycles. The van der Waals surface area contributed by atoms with Crippen LogP contribution in [-0.2, 0) is 4.79 Å². The number of nitrogens with one attached hydrogen (secondary N) is 1. The van der Waals surface area contributed by atoms with Crippen molar-refractivity contribution >= 4 is 34.7 Å². The van der Waals surface area contributed by atoms with Gasteiger partial charge in [-0.2, -0.15) is 0 Å². The minimum absolute atomic E-state index is 0.0503. The Labute approximate surface area is 170 Å². The van der Waals surface area contributed by atoms with E-state index in [-0.39, 0.29) is 18.3 Å². The summed E-state index contributed by atoms with van der Waals surface area (Å²) in [4.78, 5) is 28.4. The second-order valence-corrected chi connectivity index (χ2v) is 7.31. The molecule has 6 nitrogen and oxygen atoms in total. The van der Waals surface area contributed by atoms with E-state index < -0.39 is 0 Å². The normalized spacial score (nSPS) is 14.6. The molecule has 1 aliphatic rings. The summed E-state index contributed by atoms with van der Waals surface area (Å²) < 4.78 is 5.54. The van der Waals surface area contributed by atoms with Crippen LogP contribution in [0.4, 0.5) is 11.4 Å². The average molecular weight is 402 g/mol. The highest BCUT2D eigenvalue weighted by Gasteiger charge is 2.18. The number of benzene rings is 2. The second kappa shape index (κ2) is 9.08. The minimum atomic E-state index is -0.286. The van der Waals surface area contributed by atoms with Gasteiger partial charge in [0, 0.05) is 36.8 Å². The first-order chi connectivity index (χ1) is 13.4. The molecule has 0 saturated carbocycles. The zero-order valence-corrected chi connectivity index (χ0v) is 16.8. The van der Waals surface area contributed by atoms with Crippen molar-refractivity contribution in [1.29, 1.82) is 0 Å². The van der Waals surface area contributed by atoms with Crippen molar-refractivity contribution in [3.05, 3.63) is 53.1 Å². The maximum Gasteiger partial charge on any atom is 0.262 e. The Morgan fingerprint density at radius 3 is 2.57 bits per heavy atom. The lowest BCUT2D eigenvalue weighted by molar-refractivity contribution is -0.118. The third kappa shape index (κ3) is 5.24. The molecule has 148 valence electrons. The summed E-state index contributed by atoms with van der Waals surface area (Å²) in [6, 6.07) is 12.3. The molecule has 0 unspecified atom stereocenters. The van der Waals surface area contributed by atoms with Gasteiger partial charge in [0.15, 0.2) is 12.4 Å². The summed E-state index contributed by atoms with van der Waals surface area (Å²) in [5.41, 5.74) is 2.16. The first-order valence-electron chi connectivity index (χ1n) is 9.19. The van der Waals surface area contributed by atoms with Crippen LogP contribution in [0.5, 0.6) is 5.75 Å². The summed E-state index contributed by atoms with van der Waals surface area (Å²) in [7, 11) is 2.10. The van der Waals surface area contributed by atoms with Crippen molar-refractivity contribution in [3.63, 3.8) is 0 Å². The summed E-state index contributed by atoms with van der Waals surface area (Å²) in [6.07, 6.45) is 0. The summed E-state index contributed by atoms with van der Waals surface area (Å²) in [5.74, 6) is 0.143. The quantitative estimate of drug-likeness (QED) is 0.752. The number of halogens is 1. The van der Waals surface area contributed by atoms with Crippen molar-refractivity contribution in [2.24, 2.45) is 0 Å². The smallest absolute Gasteiger partial charge is 0.262 e. The molecule has 0 aliphatic carbocycles. The largest absolute Gasteiger partial charge is 0.484 e. The van der Waals surface area contributed by atoms with Crippen LogP contribution >= 0.6 is 11.6 Å². The fraction of sp³-hybridized carbons (Fsp3) is 0.333. The first kappa shape index (κ1) is 20.2. The van der Waals surface area contributed by atoms with E-state index in [4.69, 9.17) is 16.3 Å². The molecule has 0 spiro atoms. The van der Waals surface area contributed by atoms with E-state index in [0.717, 1.165) is 31.9 Å². The fourth-order valence-corrected chi connectivity index (χ4v) is 3.24. The minimum Gasteiger partial charge on any atom is -0.484 e. The van der Waals surface area contributed by atoms with Gasteiger partial charge in [0.2, 0.25) is 0 Å². The molecule has 1 aliphatic heterocycles. The Kier molecular flexibility index (Phi) is 6.54. The molecule has 0 bridgehead atoms. The van der Waals surface area contributed by atoms with Gasteiger partial charge in [-0.05, 0) is 44.3 Å². The van der Waals surface area contributed by atoms with Gasteiger partial charge in [-0.15, -0.1) is 0 Å². The molecule has 1 N–H and O–H groups in total. The molecular formula is C21H24ClN3O3. The standard InChI is InChI=1S/C21H24ClN3O3/c1-15(26)16-4-3-5-18(12-16)28-14-21(27)23-19-13-17(22)6-7-20(19)25-10-8-24(2)9-11-25/h3-7,12-13H,8-11,14H2,1-2H3,(H,23,27). The Morgan fingerprint density at radius 2 is 1.86 bits per heavy atom. The number of anilines is 2. The maximum absolute atomic E-state index is 12.4. The van der Waals surface area contributed by atoms with E-state index in [2.05, 4.69) is 22.2 Å². The van der Waals surface area contributed by atoms with E-state index in [1.807, 2.05) is 12.1 Å². The Bertz CT molecular complexity index is 864. The molecule has 2 aromatic rings. The van der Waals surface area contributed by atoms with Crippen LogP contribution in [0, 0.1) is 0 Å². The molecule has 0 radical (unpaired) electrons. The van der Waals surface area contributed by atoms with Crippen molar-refractivity contribution < 1.29 is 14.3 Å². The zero-order chi connectivity index (χ0) is 20.1. The average Bonchev–Trinajstić information content (AvgIpc) is 2.68. The number of amides is 1. The van der Waals surface area contributed by atoms with E-state index in [9.17, 15) is 9.59 Å². The Morgan fingerprint density at radius 1 is 1.11 bits per heavy atom. The maximum atomic E-state index is 12.4. The molecule has 1 fully saturated rings. The van der Waals surface area contributed by atoms with Crippen LogP contribution in [-0.4, -0.2) is 56.4 Å². The Balaban J connectivity index is 1.66. The van der Waals surface area contributed by atoms with Gasteiger partial charge in [0.25, 0.3) is 5.91 Å². The van der Waals surface area contributed by atoms with Gasteiger partial charge >= 0.3 is 0 Å². The number of carbonyl (C=O) groups is 2. The molecule has 3 rings (SSSR count). The van der Waals surface area contributed by atoms with Gasteiger partial charge in [0.1, 0.15) is 5.75 Å². The monoisotopic (exact) mass is 401 g/mol. The van der Waals surface area contributed by atoms with Crippen LogP contribution in [0.2, 0.25) is 5.02 Å². The third-order valence-electron chi connectivity index (χ3n) is 4.69. The Hall–Kier alpha value is -2.57. The summed E-state index contributed by atoms with van der Waals surface area (Å²) in [6.45, 7) is 5.03. The number of ether oxygens (including phenoxy) is 1. The number of ketones is 1. The number of carbonyl (C=O) groups excluding carboxylic acids is 2. The van der Waals surface area contributed by atoms with Gasteiger partial charge < -0.3 is 19.9 Å². The van der Waals surface area contributed by atoms with Gasteiger partial charge in [-0.3, -0.25) is 9.59 Å². The van der Waals surface area contributed by atoms with Crippen LogP contribution in [0.25, 0.3) is 0 Å². The summed E-state index contributed by atoms with van der Waals surface area (Å²) in [5, 5.41) is 3.46.